The SMILES string of the molecule is CCOC(=O)N1CCC(N2CCC3(CCCN(CCOC)C3)C2)CC1. The van der Waals surface area contributed by atoms with Gasteiger partial charge in [0.2, 0.25) is 0 Å². The first-order chi connectivity index (χ1) is 12.2. The number of nitrogens with zero attached hydrogens (tertiary/aromatic N) is 3. The summed E-state index contributed by atoms with van der Waals surface area (Å²) in [6.45, 7) is 10.8. The smallest absolute Gasteiger partial charge is 0.409 e. The third-order valence-electron chi connectivity index (χ3n) is 6.33. The molecule has 6 heteroatoms. The third kappa shape index (κ3) is 4.66. The molecule has 144 valence electrons. The van der Waals surface area contributed by atoms with Crippen LogP contribution in [0.1, 0.15) is 39.0 Å². The molecule has 25 heavy (non-hydrogen) atoms. The average molecular weight is 354 g/mol. The molecule has 0 bridgehead atoms. The first-order valence-corrected chi connectivity index (χ1v) is 10.0. The number of ether oxygens (including phenoxy) is 2. The summed E-state index contributed by atoms with van der Waals surface area (Å²) in [5, 5.41) is 0. The van der Waals surface area contributed by atoms with Crippen molar-refractivity contribution in [1.29, 1.82) is 0 Å². The summed E-state index contributed by atoms with van der Waals surface area (Å²) in [7, 11) is 1.79. The second-order valence-electron chi connectivity index (χ2n) is 8.01. The second-order valence-corrected chi connectivity index (χ2v) is 8.01. The van der Waals surface area contributed by atoms with Crippen LogP contribution in [-0.4, -0.2) is 93.0 Å². The van der Waals surface area contributed by atoms with Crippen molar-refractivity contribution in [2.24, 2.45) is 5.41 Å². The molecule has 3 aliphatic heterocycles. The number of amides is 1. The fourth-order valence-corrected chi connectivity index (χ4v) is 4.96. The Labute approximate surface area is 152 Å². The van der Waals surface area contributed by atoms with Crippen LogP contribution in [0.15, 0.2) is 0 Å². The third-order valence-corrected chi connectivity index (χ3v) is 6.33. The van der Waals surface area contributed by atoms with Crippen molar-refractivity contribution in [3.05, 3.63) is 0 Å². The zero-order valence-corrected chi connectivity index (χ0v) is 16.0. The van der Waals surface area contributed by atoms with Crippen molar-refractivity contribution < 1.29 is 14.3 Å². The lowest BCUT2D eigenvalue weighted by Crippen LogP contribution is -2.49. The minimum Gasteiger partial charge on any atom is -0.450 e. The van der Waals surface area contributed by atoms with Gasteiger partial charge in [0, 0.05) is 45.9 Å². The van der Waals surface area contributed by atoms with Crippen LogP contribution >= 0.6 is 0 Å². The first-order valence-electron chi connectivity index (χ1n) is 10.0. The van der Waals surface area contributed by atoms with Gasteiger partial charge in [0.25, 0.3) is 0 Å². The monoisotopic (exact) mass is 353 g/mol. The van der Waals surface area contributed by atoms with Crippen LogP contribution in [0.5, 0.6) is 0 Å². The molecule has 0 aromatic rings. The Morgan fingerprint density at radius 2 is 1.92 bits per heavy atom. The maximum Gasteiger partial charge on any atom is 0.409 e. The number of piperidine rings is 2. The Hall–Kier alpha value is -0.850. The highest BCUT2D eigenvalue weighted by Crippen LogP contribution is 2.40. The molecular formula is C19H35N3O3. The Kier molecular flexibility index (Phi) is 6.58. The van der Waals surface area contributed by atoms with Crippen LogP contribution in [0.25, 0.3) is 0 Å². The summed E-state index contributed by atoms with van der Waals surface area (Å²) in [4.78, 5) is 19.0. The molecule has 0 aliphatic carbocycles. The van der Waals surface area contributed by atoms with E-state index in [1.165, 1.54) is 45.4 Å². The van der Waals surface area contributed by atoms with E-state index in [9.17, 15) is 4.79 Å². The van der Waals surface area contributed by atoms with Gasteiger partial charge >= 0.3 is 6.09 Å². The number of likely N-dealkylation sites (tertiary alicyclic amines) is 3. The van der Waals surface area contributed by atoms with Gasteiger partial charge in [-0.25, -0.2) is 4.79 Å². The molecule has 0 aromatic carbocycles. The molecule has 3 rings (SSSR count). The van der Waals surface area contributed by atoms with Crippen LogP contribution in [-0.2, 0) is 9.47 Å². The lowest BCUT2D eigenvalue weighted by atomic mass is 9.79. The van der Waals surface area contributed by atoms with Crippen molar-refractivity contribution in [3.63, 3.8) is 0 Å². The molecule has 0 saturated carbocycles. The molecule has 3 fully saturated rings. The van der Waals surface area contributed by atoms with E-state index >= 15 is 0 Å². The van der Waals surface area contributed by atoms with Crippen molar-refractivity contribution in [2.45, 2.75) is 45.1 Å². The van der Waals surface area contributed by atoms with Gasteiger partial charge in [0.05, 0.1) is 13.2 Å². The lowest BCUT2D eigenvalue weighted by molar-refractivity contribution is 0.0540. The van der Waals surface area contributed by atoms with Crippen LogP contribution in [0.3, 0.4) is 0 Å². The number of hydrogen-bond donors (Lipinski definition) is 0. The largest absolute Gasteiger partial charge is 0.450 e. The first kappa shape index (κ1) is 18.9. The molecule has 1 unspecified atom stereocenters. The Morgan fingerprint density at radius 1 is 1.12 bits per heavy atom. The molecule has 1 atom stereocenters. The topological polar surface area (TPSA) is 45.2 Å². The summed E-state index contributed by atoms with van der Waals surface area (Å²) in [6, 6.07) is 0.638. The molecule has 3 aliphatic rings. The Balaban J connectivity index is 1.47. The normalized spacial score (nSPS) is 29.4. The van der Waals surface area contributed by atoms with Gasteiger partial charge in [-0.2, -0.15) is 0 Å². The number of carbonyl (C=O) groups is 1. The summed E-state index contributed by atoms with van der Waals surface area (Å²) in [5.74, 6) is 0. The molecule has 1 spiro atoms. The lowest BCUT2D eigenvalue weighted by Gasteiger charge is -2.42. The maximum absolute atomic E-state index is 11.9. The van der Waals surface area contributed by atoms with Gasteiger partial charge in [-0.3, -0.25) is 4.90 Å². The number of hydrogen-bond acceptors (Lipinski definition) is 5. The minimum atomic E-state index is -0.139. The predicted molar refractivity (Wildman–Crippen MR) is 97.8 cm³/mol. The van der Waals surface area contributed by atoms with Gasteiger partial charge in [-0.05, 0) is 57.5 Å². The molecule has 3 heterocycles. The molecule has 0 aromatic heterocycles. The van der Waals surface area contributed by atoms with E-state index in [1.807, 2.05) is 11.8 Å². The number of rotatable bonds is 5. The maximum atomic E-state index is 11.9. The summed E-state index contributed by atoms with van der Waals surface area (Å²) < 4.78 is 10.4. The quantitative estimate of drug-likeness (QED) is 0.757. The Bertz CT molecular complexity index is 440. The highest BCUT2D eigenvalue weighted by Gasteiger charge is 2.43. The zero-order chi connectivity index (χ0) is 17.7. The molecule has 3 saturated heterocycles. The van der Waals surface area contributed by atoms with Crippen molar-refractivity contribution in [2.75, 3.05) is 66.1 Å². The standard InChI is InChI=1S/C19H35N3O3/c1-3-25-18(23)21-10-5-17(6-11-21)22-12-8-19(16-22)7-4-9-20(15-19)13-14-24-2/h17H,3-16H2,1-2H3. The van der Waals surface area contributed by atoms with E-state index in [0.717, 1.165) is 39.1 Å². The highest BCUT2D eigenvalue weighted by molar-refractivity contribution is 5.67. The van der Waals surface area contributed by atoms with E-state index in [0.29, 0.717) is 18.1 Å². The highest BCUT2D eigenvalue weighted by atomic mass is 16.6. The predicted octanol–water partition coefficient (Wildman–Crippen LogP) is 2.04. The van der Waals surface area contributed by atoms with E-state index in [1.54, 1.807) is 7.11 Å². The fourth-order valence-electron chi connectivity index (χ4n) is 4.96. The zero-order valence-electron chi connectivity index (χ0n) is 16.0. The van der Waals surface area contributed by atoms with Crippen LogP contribution in [0.4, 0.5) is 4.79 Å². The fraction of sp³-hybridized carbons (Fsp3) is 0.947. The summed E-state index contributed by atoms with van der Waals surface area (Å²) >= 11 is 0. The second kappa shape index (κ2) is 8.69. The van der Waals surface area contributed by atoms with E-state index in [4.69, 9.17) is 9.47 Å². The molecular weight excluding hydrogens is 318 g/mol. The van der Waals surface area contributed by atoms with Gasteiger partial charge < -0.3 is 19.3 Å². The molecule has 1 amide bonds. The summed E-state index contributed by atoms with van der Waals surface area (Å²) in [5.41, 5.74) is 0.490. The average Bonchev–Trinajstić information content (AvgIpc) is 3.03. The van der Waals surface area contributed by atoms with E-state index < -0.39 is 0 Å². The van der Waals surface area contributed by atoms with Crippen molar-refractivity contribution in [1.82, 2.24) is 14.7 Å². The van der Waals surface area contributed by atoms with E-state index in [2.05, 4.69) is 9.80 Å². The van der Waals surface area contributed by atoms with Crippen LogP contribution in [0, 0.1) is 5.41 Å². The number of carbonyl (C=O) groups excluding carboxylic acids is 1. The van der Waals surface area contributed by atoms with E-state index in [-0.39, 0.29) is 6.09 Å². The molecule has 0 radical (unpaired) electrons. The van der Waals surface area contributed by atoms with Gasteiger partial charge in [-0.15, -0.1) is 0 Å². The molecule has 0 N–H and O–H groups in total. The van der Waals surface area contributed by atoms with Gasteiger partial charge in [0.15, 0.2) is 0 Å². The number of methoxy groups -OCH3 is 1. The van der Waals surface area contributed by atoms with Gasteiger partial charge in [-0.1, -0.05) is 0 Å². The minimum absolute atomic E-state index is 0.139. The Morgan fingerprint density at radius 3 is 2.64 bits per heavy atom. The van der Waals surface area contributed by atoms with Crippen LogP contribution in [0.2, 0.25) is 0 Å². The molecule has 6 nitrogen and oxygen atoms in total. The van der Waals surface area contributed by atoms with Crippen LogP contribution < -0.4 is 0 Å². The van der Waals surface area contributed by atoms with Crippen molar-refractivity contribution in [3.8, 4) is 0 Å². The summed E-state index contributed by atoms with van der Waals surface area (Å²) in [6.07, 6.45) is 6.05. The van der Waals surface area contributed by atoms with Crippen molar-refractivity contribution >= 4 is 6.09 Å². The van der Waals surface area contributed by atoms with Gasteiger partial charge in [0.1, 0.15) is 0 Å².